The summed E-state index contributed by atoms with van der Waals surface area (Å²) in [5, 5.41) is 6.52. The van der Waals surface area contributed by atoms with E-state index in [0.717, 1.165) is 19.4 Å². The Bertz CT molecular complexity index is 831. The average molecular weight is 396 g/mol. The molecular weight excluding hydrogens is 374 g/mol. The first-order valence-corrected chi connectivity index (χ1v) is 10.2. The Morgan fingerprint density at radius 1 is 1.27 bits per heavy atom. The molecule has 3 N–H and O–H groups in total. The third-order valence-electron chi connectivity index (χ3n) is 3.93. The Balaban J connectivity index is 1.57. The van der Waals surface area contributed by atoms with Gasteiger partial charge in [-0.15, -0.1) is 0 Å². The summed E-state index contributed by atoms with van der Waals surface area (Å²) < 4.78 is 38.0. The number of nitrogens with one attached hydrogen (secondary N) is 3. The Hall–Kier alpha value is -1.94. The van der Waals surface area contributed by atoms with Gasteiger partial charge in [0.05, 0.1) is 23.8 Å². The Kier molecular flexibility index (Phi) is 6.25. The van der Waals surface area contributed by atoms with Crippen LogP contribution >= 0.6 is 12.2 Å². The second kappa shape index (κ2) is 8.63. The van der Waals surface area contributed by atoms with E-state index in [2.05, 4.69) is 15.4 Å². The van der Waals surface area contributed by atoms with Gasteiger partial charge in [0.25, 0.3) is 0 Å². The van der Waals surface area contributed by atoms with Crippen molar-refractivity contribution >= 4 is 33.0 Å². The van der Waals surface area contributed by atoms with E-state index in [0.29, 0.717) is 23.1 Å². The highest BCUT2D eigenvalue weighted by molar-refractivity contribution is 7.89. The van der Waals surface area contributed by atoms with Crippen LogP contribution in [0.5, 0.6) is 0 Å². The van der Waals surface area contributed by atoms with E-state index in [1.165, 1.54) is 18.4 Å². The van der Waals surface area contributed by atoms with Crippen LogP contribution in [0.4, 0.5) is 5.69 Å². The van der Waals surface area contributed by atoms with Crippen molar-refractivity contribution in [1.82, 2.24) is 10.0 Å². The van der Waals surface area contributed by atoms with Crippen molar-refractivity contribution in [2.75, 3.05) is 18.5 Å². The van der Waals surface area contributed by atoms with Gasteiger partial charge in [-0.1, -0.05) is 6.07 Å². The lowest BCUT2D eigenvalue weighted by atomic mass is 10.2. The van der Waals surface area contributed by atoms with E-state index in [4.69, 9.17) is 21.4 Å². The molecule has 2 heterocycles. The molecule has 0 saturated carbocycles. The van der Waals surface area contributed by atoms with Crippen molar-refractivity contribution in [3.63, 3.8) is 0 Å². The van der Waals surface area contributed by atoms with Crippen LogP contribution in [0.1, 0.15) is 18.6 Å². The lowest BCUT2D eigenvalue weighted by molar-refractivity contribution is 0.114. The minimum atomic E-state index is -3.65. The zero-order valence-corrected chi connectivity index (χ0v) is 15.7. The summed E-state index contributed by atoms with van der Waals surface area (Å²) in [4.78, 5) is 0.149. The van der Waals surface area contributed by atoms with Gasteiger partial charge in [0.2, 0.25) is 10.0 Å². The fourth-order valence-electron chi connectivity index (χ4n) is 2.59. The van der Waals surface area contributed by atoms with E-state index >= 15 is 0 Å². The van der Waals surface area contributed by atoms with Crippen LogP contribution in [0, 0.1) is 0 Å². The Morgan fingerprint density at radius 2 is 2.15 bits per heavy atom. The molecule has 0 bridgehead atoms. The standard InChI is InChI=1S/C17H21N3O4S2/c21-26(22,19-12-15-6-3-9-24-15)16-7-1-4-13(10-16)20-17(25)18-11-14-5-2-8-23-14/h1,3-4,6-7,9-10,14,19H,2,5,8,11-12H2,(H2,18,20,25)/t14-/m0/s1. The van der Waals surface area contributed by atoms with Gasteiger partial charge in [0, 0.05) is 18.8 Å². The summed E-state index contributed by atoms with van der Waals surface area (Å²) in [5.41, 5.74) is 0.593. The van der Waals surface area contributed by atoms with E-state index in [1.807, 2.05) is 0 Å². The smallest absolute Gasteiger partial charge is 0.241 e. The summed E-state index contributed by atoms with van der Waals surface area (Å²) in [5.74, 6) is 0.544. The van der Waals surface area contributed by atoms with Crippen LogP contribution in [-0.2, 0) is 21.3 Å². The molecule has 1 aliphatic heterocycles. The Morgan fingerprint density at radius 3 is 2.88 bits per heavy atom. The SMILES string of the molecule is O=S(=O)(NCc1ccco1)c1cccc(NC(=S)NC[C@@H]2CCCO2)c1. The minimum Gasteiger partial charge on any atom is -0.468 e. The number of furan rings is 1. The van der Waals surface area contributed by atoms with Gasteiger partial charge in [-0.3, -0.25) is 0 Å². The maximum atomic E-state index is 12.4. The molecule has 26 heavy (non-hydrogen) atoms. The molecule has 1 aromatic heterocycles. The first-order chi connectivity index (χ1) is 12.5. The highest BCUT2D eigenvalue weighted by Gasteiger charge is 2.17. The van der Waals surface area contributed by atoms with Gasteiger partial charge in [0.15, 0.2) is 5.11 Å². The van der Waals surface area contributed by atoms with Gasteiger partial charge < -0.3 is 19.8 Å². The summed E-state index contributed by atoms with van der Waals surface area (Å²) in [7, 11) is -3.65. The summed E-state index contributed by atoms with van der Waals surface area (Å²) in [6.45, 7) is 1.51. The zero-order chi connectivity index (χ0) is 18.4. The number of anilines is 1. The zero-order valence-electron chi connectivity index (χ0n) is 14.1. The van der Waals surface area contributed by atoms with Crippen molar-refractivity contribution in [3.05, 3.63) is 48.4 Å². The van der Waals surface area contributed by atoms with E-state index < -0.39 is 10.0 Å². The molecule has 0 aliphatic carbocycles. The number of thiocarbonyl (C=S) groups is 1. The summed E-state index contributed by atoms with van der Waals surface area (Å²) >= 11 is 5.26. The topological polar surface area (TPSA) is 92.6 Å². The van der Waals surface area contributed by atoms with Crippen LogP contribution in [0.15, 0.2) is 52.0 Å². The molecule has 3 rings (SSSR count). The highest BCUT2D eigenvalue weighted by atomic mass is 32.2. The summed E-state index contributed by atoms with van der Waals surface area (Å²) in [6.07, 6.45) is 3.76. The Labute approximate surface area is 158 Å². The van der Waals surface area contributed by atoms with E-state index in [9.17, 15) is 8.42 Å². The van der Waals surface area contributed by atoms with Gasteiger partial charge in [-0.05, 0) is 55.4 Å². The predicted molar refractivity (Wildman–Crippen MR) is 102 cm³/mol. The van der Waals surface area contributed by atoms with Gasteiger partial charge >= 0.3 is 0 Å². The van der Waals surface area contributed by atoms with Crippen LogP contribution in [0.2, 0.25) is 0 Å². The fraction of sp³-hybridized carbons (Fsp3) is 0.353. The van der Waals surface area contributed by atoms with Crippen LogP contribution in [-0.4, -0.2) is 32.8 Å². The molecule has 0 spiro atoms. The molecule has 1 atom stereocenters. The third-order valence-corrected chi connectivity index (χ3v) is 5.58. The van der Waals surface area contributed by atoms with Gasteiger partial charge in [-0.2, -0.15) is 0 Å². The molecule has 140 valence electrons. The van der Waals surface area contributed by atoms with Gasteiger partial charge in [-0.25, -0.2) is 13.1 Å². The van der Waals surface area contributed by atoms with E-state index in [1.54, 1.807) is 24.3 Å². The van der Waals surface area contributed by atoms with Crippen LogP contribution in [0.25, 0.3) is 0 Å². The summed E-state index contributed by atoms with van der Waals surface area (Å²) in [6, 6.07) is 9.89. The van der Waals surface area contributed by atoms with Crippen LogP contribution < -0.4 is 15.4 Å². The number of benzene rings is 1. The molecule has 1 saturated heterocycles. The molecule has 1 aliphatic rings. The molecule has 0 unspecified atom stereocenters. The van der Waals surface area contributed by atoms with Crippen molar-refractivity contribution in [3.8, 4) is 0 Å². The van der Waals surface area contributed by atoms with Gasteiger partial charge in [0.1, 0.15) is 5.76 Å². The monoisotopic (exact) mass is 395 g/mol. The quantitative estimate of drug-likeness (QED) is 0.619. The number of sulfonamides is 1. The normalized spacial score (nSPS) is 17.2. The average Bonchev–Trinajstić information content (AvgIpc) is 3.32. The second-order valence-corrected chi connectivity index (χ2v) is 8.08. The molecular formula is C17H21N3O4S2. The molecule has 9 heteroatoms. The first-order valence-electron chi connectivity index (χ1n) is 8.31. The number of hydrogen-bond donors (Lipinski definition) is 3. The number of hydrogen-bond acceptors (Lipinski definition) is 5. The number of ether oxygens (including phenoxy) is 1. The molecule has 2 aromatic rings. The van der Waals surface area contributed by atoms with Crippen molar-refractivity contribution in [2.45, 2.75) is 30.4 Å². The maximum absolute atomic E-state index is 12.4. The van der Waals surface area contributed by atoms with Crippen molar-refractivity contribution in [1.29, 1.82) is 0 Å². The maximum Gasteiger partial charge on any atom is 0.241 e. The molecule has 1 fully saturated rings. The largest absolute Gasteiger partial charge is 0.468 e. The lowest BCUT2D eigenvalue weighted by Gasteiger charge is -2.14. The highest BCUT2D eigenvalue weighted by Crippen LogP contribution is 2.16. The third kappa shape index (κ3) is 5.28. The number of rotatable bonds is 7. The lowest BCUT2D eigenvalue weighted by Crippen LogP contribution is -2.34. The van der Waals surface area contributed by atoms with Crippen molar-refractivity contribution in [2.24, 2.45) is 0 Å². The minimum absolute atomic E-state index is 0.0916. The molecule has 1 aromatic carbocycles. The van der Waals surface area contributed by atoms with Crippen molar-refractivity contribution < 1.29 is 17.6 Å². The first kappa shape index (κ1) is 18.8. The molecule has 7 nitrogen and oxygen atoms in total. The second-order valence-electron chi connectivity index (χ2n) is 5.90. The molecule has 0 radical (unpaired) electrons. The van der Waals surface area contributed by atoms with Crippen LogP contribution in [0.3, 0.4) is 0 Å². The predicted octanol–water partition coefficient (Wildman–Crippen LogP) is 2.22. The fourth-order valence-corrected chi connectivity index (χ4v) is 3.83. The molecule has 0 amide bonds. The van der Waals surface area contributed by atoms with E-state index in [-0.39, 0.29) is 17.5 Å².